The Morgan fingerprint density at radius 2 is 1.77 bits per heavy atom. The molecular formula is C20H29N3O3. The number of carbonyl (C=O) groups is 2. The molecule has 3 rings (SSSR count). The van der Waals surface area contributed by atoms with Gasteiger partial charge in [-0.25, -0.2) is 0 Å². The first-order valence-electron chi connectivity index (χ1n) is 9.74. The van der Waals surface area contributed by atoms with Crippen molar-refractivity contribution in [3.05, 3.63) is 29.8 Å². The molecule has 1 aliphatic carbocycles. The van der Waals surface area contributed by atoms with Gasteiger partial charge in [-0.2, -0.15) is 0 Å². The summed E-state index contributed by atoms with van der Waals surface area (Å²) in [6.07, 6.45) is 8.05. The van der Waals surface area contributed by atoms with Gasteiger partial charge in [-0.15, -0.1) is 0 Å². The molecule has 1 aromatic carbocycles. The van der Waals surface area contributed by atoms with E-state index in [1.165, 1.54) is 19.3 Å². The smallest absolute Gasteiger partial charge is 0.251 e. The van der Waals surface area contributed by atoms with Crippen molar-refractivity contribution in [1.82, 2.24) is 10.6 Å². The lowest BCUT2D eigenvalue weighted by Gasteiger charge is -2.22. The average Bonchev–Trinajstić information content (AvgIpc) is 3.19. The van der Waals surface area contributed by atoms with Crippen molar-refractivity contribution in [2.75, 3.05) is 25.0 Å². The SMILES string of the molecule is O=C(CNc1ccc(C(=O)NC2CCCCC2)cc1)NCC1CCCO1. The summed E-state index contributed by atoms with van der Waals surface area (Å²) in [5.41, 5.74) is 1.48. The molecule has 0 radical (unpaired) electrons. The molecule has 1 heterocycles. The van der Waals surface area contributed by atoms with Gasteiger partial charge in [0.15, 0.2) is 0 Å². The van der Waals surface area contributed by atoms with E-state index < -0.39 is 0 Å². The van der Waals surface area contributed by atoms with Crippen LogP contribution in [-0.2, 0) is 9.53 Å². The van der Waals surface area contributed by atoms with Crippen LogP contribution in [0.3, 0.4) is 0 Å². The van der Waals surface area contributed by atoms with E-state index >= 15 is 0 Å². The molecule has 2 aliphatic rings. The Kier molecular flexibility index (Phi) is 6.89. The van der Waals surface area contributed by atoms with Gasteiger partial charge in [0, 0.05) is 30.4 Å². The van der Waals surface area contributed by atoms with Crippen LogP contribution in [0.2, 0.25) is 0 Å². The van der Waals surface area contributed by atoms with Crippen LogP contribution in [0.5, 0.6) is 0 Å². The monoisotopic (exact) mass is 359 g/mol. The Morgan fingerprint density at radius 3 is 2.46 bits per heavy atom. The van der Waals surface area contributed by atoms with Gasteiger partial charge >= 0.3 is 0 Å². The molecule has 0 spiro atoms. The van der Waals surface area contributed by atoms with Crippen LogP contribution in [0, 0.1) is 0 Å². The highest BCUT2D eigenvalue weighted by Crippen LogP contribution is 2.18. The second-order valence-electron chi connectivity index (χ2n) is 7.18. The lowest BCUT2D eigenvalue weighted by Crippen LogP contribution is -2.36. The third kappa shape index (κ3) is 5.73. The number of anilines is 1. The van der Waals surface area contributed by atoms with Gasteiger partial charge < -0.3 is 20.7 Å². The topological polar surface area (TPSA) is 79.5 Å². The van der Waals surface area contributed by atoms with Crippen molar-refractivity contribution in [2.45, 2.75) is 57.1 Å². The molecule has 6 nitrogen and oxygen atoms in total. The quantitative estimate of drug-likeness (QED) is 0.699. The fourth-order valence-electron chi connectivity index (χ4n) is 3.53. The maximum absolute atomic E-state index is 12.3. The number of hydrogen-bond acceptors (Lipinski definition) is 4. The number of rotatable bonds is 7. The first kappa shape index (κ1) is 18.7. The van der Waals surface area contributed by atoms with Gasteiger partial charge in [0.1, 0.15) is 0 Å². The summed E-state index contributed by atoms with van der Waals surface area (Å²) in [4.78, 5) is 24.2. The lowest BCUT2D eigenvalue weighted by atomic mass is 9.95. The minimum atomic E-state index is -0.0559. The molecule has 2 fully saturated rings. The number of nitrogens with one attached hydrogen (secondary N) is 3. The lowest BCUT2D eigenvalue weighted by molar-refractivity contribution is -0.119. The largest absolute Gasteiger partial charge is 0.376 e. The van der Waals surface area contributed by atoms with Crippen molar-refractivity contribution in [3.63, 3.8) is 0 Å². The summed E-state index contributed by atoms with van der Waals surface area (Å²) in [6.45, 7) is 1.57. The van der Waals surface area contributed by atoms with Crippen LogP contribution in [0.15, 0.2) is 24.3 Å². The zero-order valence-electron chi connectivity index (χ0n) is 15.3. The molecule has 2 amide bonds. The number of ether oxygens (including phenoxy) is 1. The number of benzene rings is 1. The third-order valence-corrected chi connectivity index (χ3v) is 5.09. The van der Waals surface area contributed by atoms with Crippen molar-refractivity contribution < 1.29 is 14.3 Å². The van der Waals surface area contributed by atoms with Gasteiger partial charge in [-0.1, -0.05) is 19.3 Å². The minimum Gasteiger partial charge on any atom is -0.376 e. The van der Waals surface area contributed by atoms with Gasteiger partial charge in [0.2, 0.25) is 5.91 Å². The summed E-state index contributed by atoms with van der Waals surface area (Å²) in [5.74, 6) is -0.0719. The van der Waals surface area contributed by atoms with Crippen molar-refractivity contribution in [3.8, 4) is 0 Å². The van der Waals surface area contributed by atoms with Crippen LogP contribution in [0.1, 0.15) is 55.3 Å². The molecule has 1 aliphatic heterocycles. The molecule has 0 bridgehead atoms. The first-order chi connectivity index (χ1) is 12.7. The Morgan fingerprint density at radius 1 is 1.00 bits per heavy atom. The van der Waals surface area contributed by atoms with E-state index in [0.29, 0.717) is 18.2 Å². The van der Waals surface area contributed by atoms with Crippen molar-refractivity contribution in [2.24, 2.45) is 0 Å². The predicted octanol–water partition coefficient (Wildman–Crippen LogP) is 2.46. The maximum atomic E-state index is 12.3. The zero-order chi connectivity index (χ0) is 18.2. The fourth-order valence-corrected chi connectivity index (χ4v) is 3.53. The van der Waals surface area contributed by atoms with E-state index in [2.05, 4.69) is 16.0 Å². The molecule has 1 unspecified atom stereocenters. The molecule has 1 saturated carbocycles. The van der Waals surface area contributed by atoms with Crippen molar-refractivity contribution in [1.29, 1.82) is 0 Å². The van der Waals surface area contributed by atoms with Crippen LogP contribution < -0.4 is 16.0 Å². The molecule has 6 heteroatoms. The Bertz CT molecular complexity index is 591. The summed E-state index contributed by atoms with van der Waals surface area (Å²) < 4.78 is 5.48. The molecule has 0 aromatic heterocycles. The summed E-state index contributed by atoms with van der Waals surface area (Å²) >= 11 is 0. The van der Waals surface area contributed by atoms with Crippen LogP contribution in [0.25, 0.3) is 0 Å². The Balaban J connectivity index is 1.39. The van der Waals surface area contributed by atoms with E-state index in [-0.39, 0.29) is 24.5 Å². The highest BCUT2D eigenvalue weighted by Gasteiger charge is 2.17. The van der Waals surface area contributed by atoms with Crippen LogP contribution >= 0.6 is 0 Å². The second-order valence-corrected chi connectivity index (χ2v) is 7.18. The molecule has 1 saturated heterocycles. The third-order valence-electron chi connectivity index (χ3n) is 5.09. The van der Waals surface area contributed by atoms with Crippen LogP contribution in [-0.4, -0.2) is 43.7 Å². The predicted molar refractivity (Wildman–Crippen MR) is 101 cm³/mol. The van der Waals surface area contributed by atoms with E-state index in [1.807, 2.05) is 12.1 Å². The van der Waals surface area contributed by atoms with E-state index in [9.17, 15) is 9.59 Å². The Labute approximate surface area is 155 Å². The zero-order valence-corrected chi connectivity index (χ0v) is 15.3. The van der Waals surface area contributed by atoms with Gasteiger partial charge in [-0.05, 0) is 49.9 Å². The second kappa shape index (κ2) is 9.57. The number of hydrogen-bond donors (Lipinski definition) is 3. The van der Waals surface area contributed by atoms with E-state index in [1.54, 1.807) is 12.1 Å². The summed E-state index contributed by atoms with van der Waals surface area (Å²) in [7, 11) is 0. The highest BCUT2D eigenvalue weighted by atomic mass is 16.5. The van der Waals surface area contributed by atoms with Crippen molar-refractivity contribution >= 4 is 17.5 Å². The number of carbonyl (C=O) groups excluding carboxylic acids is 2. The Hall–Kier alpha value is -2.08. The van der Waals surface area contributed by atoms with Crippen LogP contribution in [0.4, 0.5) is 5.69 Å². The normalized spacial score (nSPS) is 20.5. The molecular weight excluding hydrogens is 330 g/mol. The molecule has 1 aromatic rings. The summed E-state index contributed by atoms with van der Waals surface area (Å²) in [5, 5.41) is 9.08. The highest BCUT2D eigenvalue weighted by molar-refractivity contribution is 5.94. The number of amides is 2. The van der Waals surface area contributed by atoms with E-state index in [4.69, 9.17) is 4.74 Å². The molecule has 3 N–H and O–H groups in total. The average molecular weight is 359 g/mol. The first-order valence-corrected chi connectivity index (χ1v) is 9.74. The molecule has 142 valence electrons. The molecule has 26 heavy (non-hydrogen) atoms. The maximum Gasteiger partial charge on any atom is 0.251 e. The fraction of sp³-hybridized carbons (Fsp3) is 0.600. The van der Waals surface area contributed by atoms with E-state index in [0.717, 1.165) is 38.0 Å². The van der Waals surface area contributed by atoms with Gasteiger partial charge in [0.05, 0.1) is 12.6 Å². The van der Waals surface area contributed by atoms with Gasteiger partial charge in [-0.3, -0.25) is 9.59 Å². The summed E-state index contributed by atoms with van der Waals surface area (Å²) in [6, 6.07) is 7.57. The standard InChI is InChI=1S/C20H29N3O3/c24-19(22-13-18-7-4-12-26-18)14-21-16-10-8-15(9-11-16)20(25)23-17-5-2-1-3-6-17/h8-11,17-18,21H,1-7,12-14H2,(H,22,24)(H,23,25). The minimum absolute atomic E-state index is 0.0160. The molecule has 1 atom stereocenters. The van der Waals surface area contributed by atoms with Gasteiger partial charge in [0.25, 0.3) is 5.91 Å².